The molecule has 0 saturated carbocycles. The number of amides is 1. The van der Waals surface area contributed by atoms with Crippen molar-refractivity contribution in [3.8, 4) is 11.3 Å². The van der Waals surface area contributed by atoms with E-state index in [4.69, 9.17) is 0 Å². The molecule has 0 aliphatic carbocycles. The Morgan fingerprint density at radius 1 is 1.14 bits per heavy atom. The van der Waals surface area contributed by atoms with Crippen LogP contribution in [0.2, 0.25) is 0 Å². The van der Waals surface area contributed by atoms with Crippen LogP contribution in [0.3, 0.4) is 0 Å². The summed E-state index contributed by atoms with van der Waals surface area (Å²) in [7, 11) is -3.81. The lowest BCUT2D eigenvalue weighted by atomic mass is 10.2. The van der Waals surface area contributed by atoms with E-state index in [9.17, 15) is 17.6 Å². The minimum atomic E-state index is -3.81. The van der Waals surface area contributed by atoms with E-state index in [1.807, 2.05) is 30.3 Å². The molecular formula is C20H20FN3O3S2. The van der Waals surface area contributed by atoms with E-state index in [-0.39, 0.29) is 23.5 Å². The molecular weight excluding hydrogens is 413 g/mol. The van der Waals surface area contributed by atoms with Crippen molar-refractivity contribution in [3.63, 3.8) is 0 Å². The largest absolute Gasteiger partial charge is 0.298 e. The van der Waals surface area contributed by atoms with Crippen LogP contribution in [0.1, 0.15) is 24.2 Å². The second-order valence-electron chi connectivity index (χ2n) is 6.09. The van der Waals surface area contributed by atoms with Crippen molar-refractivity contribution in [2.45, 2.75) is 18.7 Å². The van der Waals surface area contributed by atoms with Crippen molar-refractivity contribution >= 4 is 32.4 Å². The Morgan fingerprint density at radius 3 is 2.48 bits per heavy atom. The van der Waals surface area contributed by atoms with Crippen LogP contribution >= 0.6 is 11.3 Å². The van der Waals surface area contributed by atoms with Crippen LogP contribution in [0.25, 0.3) is 11.3 Å². The molecule has 0 bridgehead atoms. The van der Waals surface area contributed by atoms with Gasteiger partial charge in [-0.25, -0.2) is 17.8 Å². The molecule has 152 valence electrons. The molecule has 1 N–H and O–H groups in total. The molecule has 0 aliphatic heterocycles. The Bertz CT molecular complexity index is 1110. The fourth-order valence-corrected chi connectivity index (χ4v) is 4.99. The quantitative estimate of drug-likeness (QED) is 0.605. The summed E-state index contributed by atoms with van der Waals surface area (Å²) < 4.78 is 40.8. The number of nitrogens with zero attached hydrogens (tertiary/aromatic N) is 2. The zero-order chi connectivity index (χ0) is 21.0. The second-order valence-corrected chi connectivity index (χ2v) is 8.89. The third kappa shape index (κ3) is 4.52. The van der Waals surface area contributed by atoms with Gasteiger partial charge in [0.1, 0.15) is 5.82 Å². The van der Waals surface area contributed by atoms with Gasteiger partial charge in [-0.1, -0.05) is 44.2 Å². The van der Waals surface area contributed by atoms with Gasteiger partial charge in [-0.2, -0.15) is 4.31 Å². The molecule has 9 heteroatoms. The molecule has 1 aromatic heterocycles. The normalized spacial score (nSPS) is 11.6. The number of hydrogen-bond donors (Lipinski definition) is 1. The first kappa shape index (κ1) is 21.1. The van der Waals surface area contributed by atoms with Crippen LogP contribution < -0.4 is 5.32 Å². The van der Waals surface area contributed by atoms with Gasteiger partial charge >= 0.3 is 0 Å². The number of aromatic nitrogens is 1. The number of nitrogens with one attached hydrogen (secondary N) is 1. The van der Waals surface area contributed by atoms with E-state index in [2.05, 4.69) is 10.3 Å². The van der Waals surface area contributed by atoms with Crippen LogP contribution in [0.5, 0.6) is 0 Å². The number of sulfonamides is 1. The van der Waals surface area contributed by atoms with Crippen LogP contribution in [0.4, 0.5) is 9.52 Å². The van der Waals surface area contributed by atoms with Gasteiger partial charge in [0.2, 0.25) is 10.0 Å². The summed E-state index contributed by atoms with van der Waals surface area (Å²) in [6, 6.07) is 12.6. The van der Waals surface area contributed by atoms with Crippen LogP contribution in [-0.4, -0.2) is 36.7 Å². The highest BCUT2D eigenvalue weighted by Crippen LogP contribution is 2.26. The first-order valence-corrected chi connectivity index (χ1v) is 11.3. The van der Waals surface area contributed by atoms with Crippen molar-refractivity contribution in [2.75, 3.05) is 18.4 Å². The van der Waals surface area contributed by atoms with Crippen molar-refractivity contribution < 1.29 is 17.6 Å². The number of halogens is 1. The lowest BCUT2D eigenvalue weighted by Gasteiger charge is -2.18. The summed E-state index contributed by atoms with van der Waals surface area (Å²) in [6.07, 6.45) is 0. The summed E-state index contributed by atoms with van der Waals surface area (Å²) in [4.78, 5) is 16.8. The monoisotopic (exact) mass is 433 g/mol. The summed E-state index contributed by atoms with van der Waals surface area (Å²) in [5.74, 6) is -1.56. The number of anilines is 1. The van der Waals surface area contributed by atoms with E-state index in [0.29, 0.717) is 10.8 Å². The minimum absolute atomic E-state index is 0.128. The SMILES string of the molecule is CCN(CC)S(=O)(=O)c1ccc(F)c(C(=O)Nc2nc(-c3ccccc3)cs2)c1. The topological polar surface area (TPSA) is 79.4 Å². The van der Waals surface area contributed by atoms with Gasteiger partial charge in [-0.05, 0) is 18.2 Å². The molecule has 3 aromatic rings. The summed E-state index contributed by atoms with van der Waals surface area (Å²) >= 11 is 1.20. The Hall–Kier alpha value is -2.62. The molecule has 1 heterocycles. The van der Waals surface area contributed by atoms with E-state index in [0.717, 1.165) is 23.8 Å². The van der Waals surface area contributed by atoms with E-state index in [1.165, 1.54) is 15.6 Å². The second kappa shape index (κ2) is 8.81. The van der Waals surface area contributed by atoms with E-state index >= 15 is 0 Å². The fourth-order valence-electron chi connectivity index (χ4n) is 2.79. The summed E-state index contributed by atoms with van der Waals surface area (Å²) in [5.41, 5.74) is 1.22. The first-order valence-electron chi connectivity index (χ1n) is 8.98. The van der Waals surface area contributed by atoms with Gasteiger partial charge in [-0.15, -0.1) is 11.3 Å². The maximum Gasteiger partial charge on any atom is 0.260 e. The van der Waals surface area contributed by atoms with Crippen molar-refractivity contribution in [1.29, 1.82) is 0 Å². The van der Waals surface area contributed by atoms with Crippen LogP contribution in [-0.2, 0) is 10.0 Å². The standard InChI is InChI=1S/C20H20FN3O3S2/c1-3-24(4-2)29(26,27)15-10-11-17(21)16(12-15)19(25)23-20-22-18(13-28-20)14-8-6-5-7-9-14/h5-13H,3-4H2,1-2H3,(H,22,23,25). The molecule has 1 amide bonds. The molecule has 3 rings (SSSR count). The lowest BCUT2D eigenvalue weighted by Crippen LogP contribution is -2.31. The number of hydrogen-bond acceptors (Lipinski definition) is 5. The Morgan fingerprint density at radius 2 is 1.83 bits per heavy atom. The zero-order valence-corrected chi connectivity index (χ0v) is 17.6. The molecule has 0 unspecified atom stereocenters. The summed E-state index contributed by atoms with van der Waals surface area (Å²) in [6.45, 7) is 3.98. The van der Waals surface area contributed by atoms with Crippen molar-refractivity contribution in [3.05, 3.63) is 65.3 Å². The number of carbonyl (C=O) groups is 1. The highest BCUT2D eigenvalue weighted by molar-refractivity contribution is 7.89. The van der Waals surface area contributed by atoms with Gasteiger partial charge in [0.25, 0.3) is 5.91 Å². The summed E-state index contributed by atoms with van der Waals surface area (Å²) in [5, 5.41) is 4.62. The number of benzene rings is 2. The molecule has 0 atom stereocenters. The van der Waals surface area contributed by atoms with E-state index in [1.54, 1.807) is 19.2 Å². The fraction of sp³-hybridized carbons (Fsp3) is 0.200. The highest BCUT2D eigenvalue weighted by Gasteiger charge is 2.24. The smallest absolute Gasteiger partial charge is 0.260 e. The number of carbonyl (C=O) groups excluding carboxylic acids is 1. The average Bonchev–Trinajstić information content (AvgIpc) is 3.18. The molecule has 29 heavy (non-hydrogen) atoms. The van der Waals surface area contributed by atoms with Gasteiger partial charge in [0.15, 0.2) is 5.13 Å². The Balaban J connectivity index is 1.86. The van der Waals surface area contributed by atoms with Crippen LogP contribution in [0.15, 0.2) is 58.8 Å². The molecule has 0 saturated heterocycles. The molecule has 0 fully saturated rings. The van der Waals surface area contributed by atoms with Gasteiger partial charge in [0.05, 0.1) is 16.2 Å². The third-order valence-electron chi connectivity index (χ3n) is 4.32. The van der Waals surface area contributed by atoms with Crippen LogP contribution in [0, 0.1) is 5.82 Å². The van der Waals surface area contributed by atoms with Gasteiger partial charge in [-0.3, -0.25) is 10.1 Å². The lowest BCUT2D eigenvalue weighted by molar-refractivity contribution is 0.102. The van der Waals surface area contributed by atoms with Crippen molar-refractivity contribution in [2.24, 2.45) is 0 Å². The number of thiazole rings is 1. The predicted octanol–water partition coefficient (Wildman–Crippen LogP) is 4.23. The van der Waals surface area contributed by atoms with Gasteiger partial charge in [0, 0.05) is 24.0 Å². The molecule has 6 nitrogen and oxygen atoms in total. The predicted molar refractivity (Wildman–Crippen MR) is 112 cm³/mol. The maximum absolute atomic E-state index is 14.3. The first-order chi connectivity index (χ1) is 13.9. The Kier molecular flexibility index (Phi) is 6.41. The maximum atomic E-state index is 14.3. The van der Waals surface area contributed by atoms with E-state index < -0.39 is 21.7 Å². The minimum Gasteiger partial charge on any atom is -0.298 e. The zero-order valence-electron chi connectivity index (χ0n) is 15.9. The number of rotatable bonds is 7. The molecule has 0 aliphatic rings. The highest BCUT2D eigenvalue weighted by atomic mass is 32.2. The molecule has 0 radical (unpaired) electrons. The molecule has 0 spiro atoms. The Labute approximate surface area is 173 Å². The third-order valence-corrected chi connectivity index (χ3v) is 7.12. The van der Waals surface area contributed by atoms with Gasteiger partial charge < -0.3 is 0 Å². The average molecular weight is 434 g/mol. The molecule has 2 aromatic carbocycles. The van der Waals surface area contributed by atoms with Crippen molar-refractivity contribution in [1.82, 2.24) is 9.29 Å².